The quantitative estimate of drug-likeness (QED) is 0.616. The number of aryl methyl sites for hydroxylation is 3. The molecule has 1 aliphatic heterocycles. The zero-order valence-electron chi connectivity index (χ0n) is 16.9. The molecule has 0 bridgehead atoms. The number of hydrogen-bond donors (Lipinski definition) is 0. The Hall–Kier alpha value is -2.00. The van der Waals surface area contributed by atoms with E-state index in [4.69, 9.17) is 9.72 Å². The summed E-state index contributed by atoms with van der Waals surface area (Å²) in [5, 5.41) is 5.03. The first kappa shape index (κ1) is 21.7. The van der Waals surface area contributed by atoms with Gasteiger partial charge in [-0.1, -0.05) is 11.3 Å². The summed E-state index contributed by atoms with van der Waals surface area (Å²) in [6, 6.07) is 6.00. The van der Waals surface area contributed by atoms with E-state index in [1.165, 1.54) is 11.1 Å². The van der Waals surface area contributed by atoms with Crippen LogP contribution in [0, 0.1) is 13.8 Å². The Kier molecular flexibility index (Phi) is 6.89. The first-order valence-corrected chi connectivity index (χ1v) is 10.3. The number of nitrogens with zero attached hydrogens (tertiary/aromatic N) is 5. The minimum atomic E-state index is -0.110. The smallest absolute Gasteiger partial charge is 0.280 e. The number of ether oxygens (including phenoxy) is 1. The van der Waals surface area contributed by atoms with E-state index in [1.807, 2.05) is 7.05 Å². The van der Waals surface area contributed by atoms with Gasteiger partial charge in [0.1, 0.15) is 0 Å². The van der Waals surface area contributed by atoms with E-state index in [0.29, 0.717) is 12.2 Å². The highest BCUT2D eigenvalue weighted by Gasteiger charge is 2.24. The minimum Gasteiger partial charge on any atom is -0.379 e. The molecule has 156 valence electrons. The molecule has 0 unspecified atom stereocenters. The third-order valence-corrected chi connectivity index (χ3v) is 6.19. The van der Waals surface area contributed by atoms with Crippen LogP contribution in [0.5, 0.6) is 0 Å². The second kappa shape index (κ2) is 9.21. The van der Waals surface area contributed by atoms with Crippen molar-refractivity contribution in [3.8, 4) is 0 Å². The van der Waals surface area contributed by atoms with Gasteiger partial charge in [0.05, 0.1) is 23.4 Å². The molecule has 0 atom stereocenters. The van der Waals surface area contributed by atoms with Gasteiger partial charge in [-0.3, -0.25) is 19.3 Å². The number of thiazole rings is 1. The first-order valence-electron chi connectivity index (χ1n) is 9.50. The van der Waals surface area contributed by atoms with Gasteiger partial charge in [0.15, 0.2) is 10.8 Å². The van der Waals surface area contributed by atoms with Crippen LogP contribution in [0.15, 0.2) is 24.4 Å². The highest BCUT2D eigenvalue weighted by atomic mass is 35.5. The van der Waals surface area contributed by atoms with Crippen LogP contribution in [0.1, 0.15) is 21.6 Å². The Morgan fingerprint density at radius 3 is 2.66 bits per heavy atom. The molecule has 3 aromatic rings. The molecule has 7 nitrogen and oxygen atoms in total. The molecule has 4 rings (SSSR count). The normalized spacial score (nSPS) is 14.7. The van der Waals surface area contributed by atoms with Gasteiger partial charge < -0.3 is 4.74 Å². The van der Waals surface area contributed by atoms with Gasteiger partial charge in [-0.05, 0) is 43.2 Å². The average Bonchev–Trinajstić information content (AvgIpc) is 3.29. The predicted octanol–water partition coefficient (Wildman–Crippen LogP) is 3.05. The third-order valence-electron chi connectivity index (χ3n) is 5.14. The van der Waals surface area contributed by atoms with Gasteiger partial charge in [-0.2, -0.15) is 5.10 Å². The van der Waals surface area contributed by atoms with E-state index in [9.17, 15) is 4.79 Å². The number of benzene rings is 1. The summed E-state index contributed by atoms with van der Waals surface area (Å²) in [5.41, 5.74) is 3.82. The van der Waals surface area contributed by atoms with E-state index < -0.39 is 0 Å². The summed E-state index contributed by atoms with van der Waals surface area (Å²) < 4.78 is 8.18. The number of carbonyl (C=O) groups is 1. The topological polar surface area (TPSA) is 63.5 Å². The molecule has 0 radical (unpaired) electrons. The van der Waals surface area contributed by atoms with E-state index >= 15 is 0 Å². The van der Waals surface area contributed by atoms with Crippen LogP contribution in [0.4, 0.5) is 5.13 Å². The number of rotatable bonds is 5. The fourth-order valence-electron chi connectivity index (χ4n) is 3.30. The summed E-state index contributed by atoms with van der Waals surface area (Å²) in [6.07, 6.45) is 1.79. The molecule has 1 fully saturated rings. The number of hydrogen-bond acceptors (Lipinski definition) is 6. The van der Waals surface area contributed by atoms with Crippen LogP contribution >= 0.6 is 23.7 Å². The summed E-state index contributed by atoms with van der Waals surface area (Å²) in [6.45, 7) is 8.82. The zero-order chi connectivity index (χ0) is 19.7. The van der Waals surface area contributed by atoms with E-state index in [1.54, 1.807) is 33.2 Å². The maximum atomic E-state index is 13.2. The van der Waals surface area contributed by atoms with Crippen molar-refractivity contribution in [1.29, 1.82) is 0 Å². The van der Waals surface area contributed by atoms with Crippen molar-refractivity contribution in [3.05, 3.63) is 41.2 Å². The van der Waals surface area contributed by atoms with Crippen LogP contribution in [0.2, 0.25) is 0 Å². The molecule has 3 heterocycles. The Morgan fingerprint density at radius 1 is 1.24 bits per heavy atom. The van der Waals surface area contributed by atoms with Gasteiger partial charge in [0.25, 0.3) is 5.91 Å². The molecule has 0 N–H and O–H groups in total. The molecule has 1 aromatic carbocycles. The van der Waals surface area contributed by atoms with Crippen LogP contribution in [0.25, 0.3) is 10.2 Å². The van der Waals surface area contributed by atoms with Crippen molar-refractivity contribution < 1.29 is 9.53 Å². The number of aromatic nitrogens is 3. The predicted molar refractivity (Wildman–Crippen MR) is 118 cm³/mol. The maximum absolute atomic E-state index is 13.2. The van der Waals surface area contributed by atoms with E-state index in [-0.39, 0.29) is 18.3 Å². The highest BCUT2D eigenvalue weighted by Crippen LogP contribution is 2.31. The molecule has 29 heavy (non-hydrogen) atoms. The Bertz CT molecular complexity index is 957. The summed E-state index contributed by atoms with van der Waals surface area (Å²) >= 11 is 1.56. The Balaban J connectivity index is 0.00000240. The van der Waals surface area contributed by atoms with Crippen molar-refractivity contribution in [2.24, 2.45) is 7.05 Å². The molecule has 1 saturated heterocycles. The van der Waals surface area contributed by atoms with E-state index in [0.717, 1.165) is 48.2 Å². The zero-order valence-corrected chi connectivity index (χ0v) is 18.6. The molecular formula is C20H26ClN5O2S. The Labute approximate surface area is 180 Å². The Morgan fingerprint density at radius 2 is 1.97 bits per heavy atom. The lowest BCUT2D eigenvalue weighted by molar-refractivity contribution is 0.0391. The van der Waals surface area contributed by atoms with Crippen molar-refractivity contribution in [3.63, 3.8) is 0 Å². The van der Waals surface area contributed by atoms with Crippen LogP contribution in [0.3, 0.4) is 0 Å². The lowest BCUT2D eigenvalue weighted by Crippen LogP contribution is -2.43. The number of halogens is 1. The minimum absolute atomic E-state index is 0. The average molecular weight is 436 g/mol. The maximum Gasteiger partial charge on any atom is 0.280 e. The van der Waals surface area contributed by atoms with Crippen LogP contribution in [-0.4, -0.2) is 65.0 Å². The van der Waals surface area contributed by atoms with E-state index in [2.05, 4.69) is 36.0 Å². The lowest BCUT2D eigenvalue weighted by atomic mass is 10.1. The number of carbonyl (C=O) groups excluding carboxylic acids is 1. The molecule has 0 saturated carbocycles. The van der Waals surface area contributed by atoms with Gasteiger partial charge in [-0.15, -0.1) is 12.4 Å². The van der Waals surface area contributed by atoms with Crippen molar-refractivity contribution >= 4 is 45.0 Å². The van der Waals surface area contributed by atoms with Gasteiger partial charge in [0.2, 0.25) is 0 Å². The van der Waals surface area contributed by atoms with Crippen LogP contribution < -0.4 is 4.90 Å². The van der Waals surface area contributed by atoms with Crippen molar-refractivity contribution in [2.45, 2.75) is 13.8 Å². The number of anilines is 1. The standard InChI is InChI=1S/C20H25N5O2S.ClH/c1-14-12-17-18(13-15(14)2)28-20(21-17)25(7-6-24-8-10-27-11-9-24)19(26)16-4-5-23(3)22-16;/h4-5,12-13H,6-11H2,1-3H3;1H. The number of amides is 1. The first-order chi connectivity index (χ1) is 13.5. The molecule has 0 aliphatic carbocycles. The van der Waals surface area contributed by atoms with Gasteiger partial charge in [-0.25, -0.2) is 4.98 Å². The largest absolute Gasteiger partial charge is 0.379 e. The highest BCUT2D eigenvalue weighted by molar-refractivity contribution is 7.22. The lowest BCUT2D eigenvalue weighted by Gasteiger charge is -2.29. The number of morpholine rings is 1. The van der Waals surface area contributed by atoms with Gasteiger partial charge in [0, 0.05) is 39.4 Å². The second-order valence-corrected chi connectivity index (χ2v) is 8.20. The molecule has 1 amide bonds. The summed E-state index contributed by atoms with van der Waals surface area (Å²) in [7, 11) is 1.82. The fraction of sp³-hybridized carbons (Fsp3) is 0.450. The van der Waals surface area contributed by atoms with Crippen molar-refractivity contribution in [1.82, 2.24) is 19.7 Å². The van der Waals surface area contributed by atoms with Crippen molar-refractivity contribution in [2.75, 3.05) is 44.3 Å². The fourth-order valence-corrected chi connectivity index (χ4v) is 4.37. The number of fused-ring (bicyclic) bond motifs is 1. The van der Waals surface area contributed by atoms with Gasteiger partial charge >= 0.3 is 0 Å². The molecule has 9 heteroatoms. The summed E-state index contributed by atoms with van der Waals surface area (Å²) in [5.74, 6) is -0.110. The third kappa shape index (κ3) is 4.78. The van der Waals surface area contributed by atoms with Crippen LogP contribution in [-0.2, 0) is 11.8 Å². The SMILES string of the molecule is Cc1cc2nc(N(CCN3CCOCC3)C(=O)c3ccn(C)n3)sc2cc1C.Cl. The molecule has 1 aliphatic rings. The summed E-state index contributed by atoms with van der Waals surface area (Å²) in [4.78, 5) is 22.1. The second-order valence-electron chi connectivity index (χ2n) is 7.19. The molecule has 2 aromatic heterocycles. The monoisotopic (exact) mass is 435 g/mol. The molecular weight excluding hydrogens is 410 g/mol. The molecule has 0 spiro atoms.